The summed E-state index contributed by atoms with van der Waals surface area (Å²) in [5, 5.41) is 3.06. The van der Waals surface area contributed by atoms with Gasteiger partial charge in [-0.2, -0.15) is 0 Å². The molecule has 0 aliphatic rings. The fraction of sp³-hybridized carbons (Fsp3) is 0.667. The Hall–Kier alpha value is 0.170. The minimum Gasteiger partial charge on any atom is -0.330 e. The highest BCUT2D eigenvalue weighted by atomic mass is 32.9. The Balaban J connectivity index is 4.13. The molecule has 0 aromatic rings. The summed E-state index contributed by atoms with van der Waals surface area (Å²) in [6.07, 6.45) is 5.17. The molecule has 0 spiro atoms. The Morgan fingerprint density at radius 1 is 1.60 bits per heavy atom. The van der Waals surface area contributed by atoms with Gasteiger partial charge in [-0.15, -0.1) is 0 Å². The fourth-order valence-electron chi connectivity index (χ4n) is 0.623. The molecule has 0 bridgehead atoms. The number of hydrogen-bond acceptors (Lipinski definition) is 4. The van der Waals surface area contributed by atoms with Gasteiger partial charge in [0.2, 0.25) is 5.62 Å². The number of aliphatic imine (C=N–C) groups is 1. The van der Waals surface area contributed by atoms with E-state index in [0.717, 1.165) is 5.75 Å². The SMILES string of the molecule is C/C=C\N=C\NP(=S)(OC)SCC(C)C. The van der Waals surface area contributed by atoms with Gasteiger partial charge in [0.1, 0.15) is 0 Å². The fourth-order valence-corrected chi connectivity index (χ4v) is 4.46. The van der Waals surface area contributed by atoms with E-state index >= 15 is 0 Å². The van der Waals surface area contributed by atoms with Gasteiger partial charge >= 0.3 is 0 Å². The first-order chi connectivity index (χ1) is 7.04. The quantitative estimate of drug-likeness (QED) is 0.435. The predicted octanol–water partition coefficient (Wildman–Crippen LogP) is 3.40. The lowest BCUT2D eigenvalue weighted by molar-refractivity contribution is 0.467. The van der Waals surface area contributed by atoms with Crippen LogP contribution >= 0.6 is 17.0 Å². The Kier molecular flexibility index (Phi) is 8.43. The molecule has 0 heterocycles. The molecule has 0 saturated carbocycles. The van der Waals surface area contributed by atoms with Crippen LogP contribution in [0.15, 0.2) is 17.3 Å². The van der Waals surface area contributed by atoms with E-state index in [0.29, 0.717) is 5.92 Å². The van der Waals surface area contributed by atoms with Gasteiger partial charge in [-0.3, -0.25) is 0 Å². The van der Waals surface area contributed by atoms with Gasteiger partial charge in [0.05, 0.1) is 6.34 Å². The maximum absolute atomic E-state index is 5.40. The number of hydrogen-bond donors (Lipinski definition) is 1. The van der Waals surface area contributed by atoms with Gasteiger partial charge in [0, 0.05) is 19.1 Å². The van der Waals surface area contributed by atoms with E-state index in [1.165, 1.54) is 0 Å². The molecule has 0 saturated heterocycles. The summed E-state index contributed by atoms with van der Waals surface area (Å²) >= 11 is 7.06. The van der Waals surface area contributed by atoms with Gasteiger partial charge in [0.15, 0.2) is 0 Å². The zero-order valence-electron chi connectivity index (χ0n) is 9.64. The normalized spacial score (nSPS) is 16.3. The van der Waals surface area contributed by atoms with Gasteiger partial charge in [0.25, 0.3) is 0 Å². The molecule has 0 aromatic heterocycles. The molecule has 1 unspecified atom stereocenters. The molecule has 0 aromatic carbocycles. The van der Waals surface area contributed by atoms with Crippen LogP contribution in [0.2, 0.25) is 0 Å². The smallest absolute Gasteiger partial charge is 0.210 e. The summed E-state index contributed by atoms with van der Waals surface area (Å²) in [4.78, 5) is 4.00. The highest BCUT2D eigenvalue weighted by Crippen LogP contribution is 2.55. The van der Waals surface area contributed by atoms with Crippen LogP contribution in [0.25, 0.3) is 0 Å². The van der Waals surface area contributed by atoms with Crippen molar-refractivity contribution < 1.29 is 4.52 Å². The summed E-state index contributed by atoms with van der Waals surface area (Å²) < 4.78 is 5.33. The first-order valence-corrected chi connectivity index (χ1v) is 9.06. The van der Waals surface area contributed by atoms with Gasteiger partial charge in [-0.25, -0.2) is 4.99 Å². The van der Waals surface area contributed by atoms with Crippen LogP contribution in [0.3, 0.4) is 0 Å². The van der Waals surface area contributed by atoms with E-state index in [-0.39, 0.29) is 0 Å². The van der Waals surface area contributed by atoms with E-state index in [1.807, 2.05) is 13.0 Å². The van der Waals surface area contributed by atoms with Gasteiger partial charge in [-0.05, 0) is 24.6 Å². The molecule has 3 nitrogen and oxygen atoms in total. The van der Waals surface area contributed by atoms with E-state index in [1.54, 1.807) is 31.0 Å². The van der Waals surface area contributed by atoms with Crippen molar-refractivity contribution in [1.82, 2.24) is 5.09 Å². The van der Waals surface area contributed by atoms with Crippen LogP contribution in [0.1, 0.15) is 20.8 Å². The summed E-state index contributed by atoms with van der Waals surface area (Å²) in [6, 6.07) is 0. The molecule has 1 atom stereocenters. The molecule has 15 heavy (non-hydrogen) atoms. The molecule has 0 aliphatic heterocycles. The summed E-state index contributed by atoms with van der Waals surface area (Å²) in [5.41, 5.74) is -1.98. The highest BCUT2D eigenvalue weighted by Gasteiger charge is 2.15. The maximum Gasteiger partial charge on any atom is 0.210 e. The Morgan fingerprint density at radius 2 is 2.27 bits per heavy atom. The zero-order chi connectivity index (χ0) is 11.7. The van der Waals surface area contributed by atoms with Crippen molar-refractivity contribution in [3.05, 3.63) is 12.3 Å². The minimum atomic E-state index is -1.98. The number of rotatable bonds is 7. The third-order valence-electron chi connectivity index (χ3n) is 1.34. The van der Waals surface area contributed by atoms with Crippen molar-refractivity contribution >= 4 is 35.1 Å². The zero-order valence-corrected chi connectivity index (χ0v) is 12.2. The van der Waals surface area contributed by atoms with Crippen LogP contribution in [0.5, 0.6) is 0 Å². The second-order valence-corrected chi connectivity index (χ2v) is 10.0. The topological polar surface area (TPSA) is 33.6 Å². The number of nitrogens with one attached hydrogen (secondary N) is 1. The number of nitrogens with zero attached hydrogens (tertiary/aromatic N) is 1. The second kappa shape index (κ2) is 8.34. The van der Waals surface area contributed by atoms with Crippen LogP contribution < -0.4 is 5.09 Å². The molecule has 0 amide bonds. The maximum atomic E-state index is 5.40. The first-order valence-electron chi connectivity index (χ1n) is 4.75. The average molecular weight is 266 g/mol. The van der Waals surface area contributed by atoms with Crippen molar-refractivity contribution in [1.29, 1.82) is 0 Å². The minimum absolute atomic E-state index is 0.613. The Labute approximate surface area is 102 Å². The first kappa shape index (κ1) is 15.2. The standard InChI is InChI=1S/C9H19N2OPS2/c1-5-6-10-8-11-13(14,12-4)15-7-9(2)3/h5-6,8-9H,7H2,1-4H3,(H,10,11,14)/b6-5-. The van der Waals surface area contributed by atoms with E-state index in [4.69, 9.17) is 16.3 Å². The predicted molar refractivity (Wildman–Crippen MR) is 75.0 cm³/mol. The van der Waals surface area contributed by atoms with Crippen molar-refractivity contribution in [2.24, 2.45) is 10.9 Å². The molecular formula is C9H19N2OPS2. The lowest BCUT2D eigenvalue weighted by Crippen LogP contribution is -2.07. The van der Waals surface area contributed by atoms with Crippen molar-refractivity contribution in [2.75, 3.05) is 12.9 Å². The summed E-state index contributed by atoms with van der Waals surface area (Å²) in [7, 11) is 1.64. The number of allylic oxidation sites excluding steroid dienone is 1. The molecule has 6 heteroatoms. The molecule has 0 radical (unpaired) electrons. The molecule has 0 aliphatic carbocycles. The van der Waals surface area contributed by atoms with Crippen molar-refractivity contribution in [3.63, 3.8) is 0 Å². The van der Waals surface area contributed by atoms with E-state index in [9.17, 15) is 0 Å². The molecule has 1 N–H and O–H groups in total. The summed E-state index contributed by atoms with van der Waals surface area (Å²) in [5.74, 6) is 1.61. The molecule has 0 rings (SSSR count). The third-order valence-corrected chi connectivity index (χ3v) is 7.35. The van der Waals surface area contributed by atoms with E-state index in [2.05, 4.69) is 23.9 Å². The van der Waals surface area contributed by atoms with Crippen LogP contribution in [0.4, 0.5) is 0 Å². The van der Waals surface area contributed by atoms with Gasteiger partial charge < -0.3 is 9.61 Å². The van der Waals surface area contributed by atoms with Crippen LogP contribution in [-0.2, 0) is 16.3 Å². The third kappa shape index (κ3) is 8.03. The summed E-state index contributed by atoms with van der Waals surface area (Å²) in [6.45, 7) is 6.24. The Bertz CT molecular complexity index is 267. The lowest BCUT2D eigenvalue weighted by atomic mass is 10.3. The average Bonchev–Trinajstić information content (AvgIpc) is 2.22. The van der Waals surface area contributed by atoms with Crippen LogP contribution in [-0.4, -0.2) is 19.2 Å². The van der Waals surface area contributed by atoms with E-state index < -0.39 is 5.62 Å². The largest absolute Gasteiger partial charge is 0.330 e. The van der Waals surface area contributed by atoms with Crippen molar-refractivity contribution in [3.8, 4) is 0 Å². The Morgan fingerprint density at radius 3 is 2.73 bits per heavy atom. The lowest BCUT2D eigenvalue weighted by Gasteiger charge is -2.19. The molecular weight excluding hydrogens is 247 g/mol. The highest BCUT2D eigenvalue weighted by molar-refractivity contribution is 8.68. The molecule has 88 valence electrons. The monoisotopic (exact) mass is 266 g/mol. The second-order valence-electron chi connectivity index (χ2n) is 3.26. The van der Waals surface area contributed by atoms with Gasteiger partial charge in [-0.1, -0.05) is 31.3 Å². The molecule has 0 fully saturated rings. The van der Waals surface area contributed by atoms with Crippen molar-refractivity contribution in [2.45, 2.75) is 20.8 Å². The van der Waals surface area contributed by atoms with Crippen LogP contribution in [0, 0.1) is 5.92 Å².